The van der Waals surface area contributed by atoms with Crippen molar-refractivity contribution in [1.82, 2.24) is 0 Å². The van der Waals surface area contributed by atoms with E-state index >= 15 is 0 Å². The molecule has 0 radical (unpaired) electrons. The van der Waals surface area contributed by atoms with Gasteiger partial charge in [-0.05, 0) is 0 Å². The molecule has 1 N–H and O–H groups in total. The van der Waals surface area contributed by atoms with Gasteiger partial charge >= 0.3 is 12.2 Å². The van der Waals surface area contributed by atoms with E-state index in [-0.39, 0.29) is 13.0 Å². The molecule has 13 heavy (non-hydrogen) atoms. The topological polar surface area (TPSA) is 125 Å². The average molecular weight is 186 g/mol. The number of rotatable bonds is 3. The van der Waals surface area contributed by atoms with E-state index in [2.05, 4.69) is 19.8 Å². The monoisotopic (exact) mass is 186 g/mol. The molecule has 0 aromatic carbocycles. The van der Waals surface area contributed by atoms with Gasteiger partial charge in [0.15, 0.2) is 0 Å². The fraction of sp³-hybridized carbons (Fsp3) is 0.400. The van der Waals surface area contributed by atoms with Crippen LogP contribution in [0.4, 0.5) is 9.59 Å². The lowest BCUT2D eigenvalue weighted by Crippen LogP contribution is -2.01. The number of carboxylic acid groups (broad SMARTS) is 1. The lowest BCUT2D eigenvalue weighted by Gasteiger charge is -1.92. The number of hydrogen-bond acceptors (Lipinski definition) is 3. The smallest absolute Gasteiger partial charge is 0.452 e. The van der Waals surface area contributed by atoms with Crippen LogP contribution in [-0.2, 0) is 4.74 Å². The Morgan fingerprint density at radius 3 is 2.77 bits per heavy atom. The zero-order valence-corrected chi connectivity index (χ0v) is 6.45. The lowest BCUT2D eigenvalue weighted by atomic mass is 10.5. The van der Waals surface area contributed by atoms with Gasteiger partial charge in [0.25, 0.3) is 6.21 Å². The van der Waals surface area contributed by atoms with E-state index < -0.39 is 12.2 Å². The number of hydrogen-bond donors (Lipinski definition) is 1. The van der Waals surface area contributed by atoms with Crippen LogP contribution in [0.3, 0.4) is 0 Å². The number of carbonyl (C=O) groups is 2. The summed E-state index contributed by atoms with van der Waals surface area (Å²) in [6.45, 7) is -0.0540. The van der Waals surface area contributed by atoms with Crippen molar-refractivity contribution in [3.63, 3.8) is 0 Å². The van der Waals surface area contributed by atoms with Gasteiger partial charge in [-0.2, -0.15) is 4.79 Å². The molecule has 0 aliphatic rings. The lowest BCUT2D eigenvalue weighted by molar-refractivity contribution is -0.000312. The van der Waals surface area contributed by atoms with Gasteiger partial charge in [0, 0.05) is 0 Å². The van der Waals surface area contributed by atoms with Gasteiger partial charge in [-0.1, -0.05) is 10.2 Å². The van der Waals surface area contributed by atoms with E-state index in [9.17, 15) is 9.59 Å². The number of azo groups is 1. The molecule has 0 aliphatic heterocycles. The van der Waals surface area contributed by atoms with Crippen molar-refractivity contribution in [2.45, 2.75) is 6.42 Å². The molecule has 0 spiro atoms. The summed E-state index contributed by atoms with van der Waals surface area (Å²) in [5, 5.41) is 13.1. The van der Waals surface area contributed by atoms with Crippen molar-refractivity contribution in [2.24, 2.45) is 10.2 Å². The molecule has 0 heterocycles. The van der Waals surface area contributed by atoms with Crippen LogP contribution in [0.5, 0.6) is 0 Å². The van der Waals surface area contributed by atoms with Crippen LogP contribution in [0.2, 0.25) is 0 Å². The van der Waals surface area contributed by atoms with Crippen LogP contribution in [0.25, 0.3) is 5.53 Å². The van der Waals surface area contributed by atoms with Gasteiger partial charge in [0.2, 0.25) is 0 Å². The third kappa shape index (κ3) is 7.82. The minimum absolute atomic E-state index is 0.0540. The predicted octanol–water partition coefficient (Wildman–Crippen LogP) is 0.944. The minimum atomic E-state index is -1.58. The summed E-state index contributed by atoms with van der Waals surface area (Å²) in [6.07, 6.45) is -1.35. The molecule has 70 valence electrons. The molecule has 2 amide bonds. The van der Waals surface area contributed by atoms with Gasteiger partial charge in [0.05, 0.1) is 6.42 Å². The van der Waals surface area contributed by atoms with Crippen LogP contribution < -0.4 is 0 Å². The van der Waals surface area contributed by atoms with Gasteiger partial charge in [-0.15, -0.1) is 0 Å². The molecular weight excluding hydrogens is 180 g/mol. The highest BCUT2D eigenvalue weighted by atomic mass is 16.5. The van der Waals surface area contributed by atoms with Crippen molar-refractivity contribution in [2.75, 3.05) is 6.61 Å². The van der Waals surface area contributed by atoms with E-state index in [1.165, 1.54) is 0 Å². The Kier molecular flexibility index (Phi) is 5.56. The van der Waals surface area contributed by atoms with Crippen molar-refractivity contribution >= 4 is 18.4 Å². The maximum atomic E-state index is 10.5. The predicted molar refractivity (Wildman–Crippen MR) is 38.5 cm³/mol. The first-order valence-corrected chi connectivity index (χ1v) is 3.14. The van der Waals surface area contributed by atoms with Gasteiger partial charge in [0.1, 0.15) is 6.61 Å². The molecule has 0 aromatic rings. The fourth-order valence-electron chi connectivity index (χ4n) is 0.369. The summed E-state index contributed by atoms with van der Waals surface area (Å²) in [6, 6.07) is 0. The SMILES string of the molecule is [N-]=[N+]=CCCOC(=O)N=NC(=O)O. The zero-order chi connectivity index (χ0) is 10.1. The Hall–Kier alpha value is -2.08. The number of nitrogens with zero attached hydrogens (tertiary/aromatic N) is 4. The molecule has 0 rings (SSSR count). The standard InChI is InChI=1S/C5H6N4O4/c6-7-2-1-3-13-5(12)9-8-4(10)11/h2H,1,3H2,(H,10,11). The number of ether oxygens (including phenoxy) is 1. The summed E-state index contributed by atoms with van der Waals surface area (Å²) < 4.78 is 4.33. The number of amides is 2. The fourth-order valence-corrected chi connectivity index (χ4v) is 0.369. The Morgan fingerprint density at radius 1 is 1.54 bits per heavy atom. The van der Waals surface area contributed by atoms with Gasteiger partial charge < -0.3 is 15.4 Å². The normalized spacial score (nSPS) is 9.23. The second-order valence-electron chi connectivity index (χ2n) is 1.68. The molecule has 8 nitrogen and oxygen atoms in total. The van der Waals surface area contributed by atoms with Crippen LogP contribution in [0.15, 0.2) is 10.2 Å². The Balaban J connectivity index is 3.63. The highest BCUT2D eigenvalue weighted by Crippen LogP contribution is 1.87. The maximum absolute atomic E-state index is 10.5. The maximum Gasteiger partial charge on any atom is 0.452 e. The molecule has 0 aromatic heterocycles. The summed E-state index contributed by atoms with van der Waals surface area (Å²) >= 11 is 0. The highest BCUT2D eigenvalue weighted by Gasteiger charge is 2.00. The molecule has 8 heteroatoms. The van der Waals surface area contributed by atoms with E-state index in [1.807, 2.05) is 0 Å². The molecule has 0 fully saturated rings. The van der Waals surface area contributed by atoms with Crippen LogP contribution >= 0.6 is 0 Å². The highest BCUT2D eigenvalue weighted by molar-refractivity contribution is 5.72. The first-order chi connectivity index (χ1) is 6.16. The van der Waals surface area contributed by atoms with Gasteiger partial charge in [-0.25, -0.2) is 9.59 Å². The average Bonchev–Trinajstić information content (AvgIpc) is 2.09. The number of carbonyl (C=O) groups excluding carboxylic acids is 1. The molecule has 0 unspecified atom stereocenters. The van der Waals surface area contributed by atoms with Gasteiger partial charge in [-0.3, -0.25) is 0 Å². The van der Waals surface area contributed by atoms with E-state index in [1.54, 1.807) is 0 Å². The quantitative estimate of drug-likeness (QED) is 0.304. The van der Waals surface area contributed by atoms with E-state index in [0.29, 0.717) is 0 Å². The first-order valence-electron chi connectivity index (χ1n) is 3.14. The Labute approximate surface area is 72.5 Å². The van der Waals surface area contributed by atoms with Crippen molar-refractivity contribution < 1.29 is 24.2 Å². The zero-order valence-electron chi connectivity index (χ0n) is 6.45. The van der Waals surface area contributed by atoms with E-state index in [0.717, 1.165) is 6.21 Å². The molecule has 0 aliphatic carbocycles. The largest absolute Gasteiger partial charge is 0.462 e. The Morgan fingerprint density at radius 2 is 2.23 bits per heavy atom. The van der Waals surface area contributed by atoms with Crippen molar-refractivity contribution in [1.29, 1.82) is 0 Å². The molecule has 0 saturated heterocycles. The first kappa shape index (κ1) is 10.9. The molecule has 0 bridgehead atoms. The van der Waals surface area contributed by atoms with Crippen LogP contribution in [-0.4, -0.2) is 34.9 Å². The second kappa shape index (κ2) is 6.62. The summed E-state index contributed by atoms with van der Waals surface area (Å²) in [5.41, 5.74) is 7.92. The second-order valence-corrected chi connectivity index (χ2v) is 1.68. The Bertz CT molecular complexity index is 268. The van der Waals surface area contributed by atoms with E-state index in [4.69, 9.17) is 10.6 Å². The summed E-state index contributed by atoms with van der Waals surface area (Å²) in [4.78, 5) is 22.9. The van der Waals surface area contributed by atoms with Crippen molar-refractivity contribution in [3.05, 3.63) is 5.53 Å². The molecule has 0 atom stereocenters. The molecular formula is C5H6N4O4. The summed E-state index contributed by atoms with van der Waals surface area (Å²) in [5.74, 6) is 0. The van der Waals surface area contributed by atoms with Crippen LogP contribution in [0.1, 0.15) is 6.42 Å². The third-order valence-electron chi connectivity index (χ3n) is 0.771. The van der Waals surface area contributed by atoms with Crippen molar-refractivity contribution in [3.8, 4) is 0 Å². The summed E-state index contributed by atoms with van der Waals surface area (Å²) in [7, 11) is 0. The minimum Gasteiger partial charge on any atom is -0.462 e. The molecule has 0 saturated carbocycles. The van der Waals surface area contributed by atoms with Crippen LogP contribution in [0, 0.1) is 0 Å². The third-order valence-corrected chi connectivity index (χ3v) is 0.771.